The number of carbonyl (C=O) groups is 1. The zero-order chi connectivity index (χ0) is 18.6. The van der Waals surface area contributed by atoms with Crippen LogP contribution in [0.25, 0.3) is 6.08 Å². The van der Waals surface area contributed by atoms with Crippen LogP contribution in [0.5, 0.6) is 5.75 Å². The Morgan fingerprint density at radius 2 is 1.96 bits per heavy atom. The van der Waals surface area contributed by atoms with Gasteiger partial charge in [-0.3, -0.25) is 0 Å². The van der Waals surface area contributed by atoms with E-state index < -0.39 is 0 Å². The van der Waals surface area contributed by atoms with Gasteiger partial charge in [-0.05, 0) is 56.4 Å². The molecule has 2 rings (SSSR count). The lowest BCUT2D eigenvalue weighted by Gasteiger charge is -2.23. The molecule has 144 valence electrons. The summed E-state index contributed by atoms with van der Waals surface area (Å²) in [6.45, 7) is 5.20. The van der Waals surface area contributed by atoms with Crippen LogP contribution >= 0.6 is 0 Å². The van der Waals surface area contributed by atoms with Crippen LogP contribution in [-0.4, -0.2) is 25.5 Å². The zero-order valence-corrected chi connectivity index (χ0v) is 16.2. The number of hydrogen-bond acceptors (Lipinski definition) is 4. The first kappa shape index (κ1) is 20.5. The Balaban J connectivity index is 1.98. The van der Waals surface area contributed by atoms with Crippen molar-refractivity contribution in [3.8, 4) is 5.75 Å². The van der Waals surface area contributed by atoms with Crippen molar-refractivity contribution >= 4 is 12.0 Å². The molecule has 0 radical (unpaired) electrons. The fourth-order valence-corrected chi connectivity index (χ4v) is 3.00. The molecule has 1 atom stereocenters. The monoisotopic (exact) mass is 360 g/mol. The summed E-state index contributed by atoms with van der Waals surface area (Å²) in [7, 11) is 0. The Bertz CT molecular complexity index is 556. The topological polar surface area (TPSA) is 44.8 Å². The molecule has 0 saturated carbocycles. The Labute approximate surface area is 157 Å². The summed E-state index contributed by atoms with van der Waals surface area (Å²) in [5.41, 5.74) is 1.73. The molecule has 0 N–H and O–H groups in total. The maximum Gasteiger partial charge on any atom is 0.334 e. The smallest absolute Gasteiger partial charge is 0.334 e. The van der Waals surface area contributed by atoms with Crippen molar-refractivity contribution in [1.29, 1.82) is 0 Å². The van der Waals surface area contributed by atoms with E-state index in [0.29, 0.717) is 6.61 Å². The Hall–Kier alpha value is -1.81. The standard InChI is InChI=1S/C22H32O4/c1-3-5-6-7-10-19(22(23)24-4-2)17-18-12-14-20(15-13-18)26-21-11-8-9-16-25-21/h12-15,17,21H,3-11,16H2,1-2H3. The second-order valence-electron chi connectivity index (χ2n) is 6.68. The van der Waals surface area contributed by atoms with Crippen LogP contribution in [0, 0.1) is 0 Å². The van der Waals surface area contributed by atoms with E-state index in [1.54, 1.807) is 0 Å². The molecule has 1 aromatic rings. The predicted molar refractivity (Wildman–Crippen MR) is 104 cm³/mol. The van der Waals surface area contributed by atoms with Crippen LogP contribution in [0.3, 0.4) is 0 Å². The number of hydrogen-bond donors (Lipinski definition) is 0. The van der Waals surface area contributed by atoms with Gasteiger partial charge in [-0.25, -0.2) is 4.79 Å². The summed E-state index contributed by atoms with van der Waals surface area (Å²) < 4.78 is 16.7. The lowest BCUT2D eigenvalue weighted by Crippen LogP contribution is -2.24. The van der Waals surface area contributed by atoms with Crippen LogP contribution in [0.2, 0.25) is 0 Å². The van der Waals surface area contributed by atoms with E-state index in [4.69, 9.17) is 14.2 Å². The van der Waals surface area contributed by atoms with Crippen LogP contribution in [0.1, 0.15) is 70.8 Å². The van der Waals surface area contributed by atoms with E-state index in [1.165, 1.54) is 12.8 Å². The lowest BCUT2D eigenvalue weighted by atomic mass is 10.0. The summed E-state index contributed by atoms with van der Waals surface area (Å²) in [6, 6.07) is 7.82. The fraction of sp³-hybridized carbons (Fsp3) is 0.591. The molecular formula is C22H32O4. The third-order valence-corrected chi connectivity index (χ3v) is 4.46. The summed E-state index contributed by atoms with van der Waals surface area (Å²) in [6.07, 6.45) is 10.3. The zero-order valence-electron chi connectivity index (χ0n) is 16.2. The van der Waals surface area contributed by atoms with Gasteiger partial charge in [-0.1, -0.05) is 38.3 Å². The summed E-state index contributed by atoms with van der Waals surface area (Å²) in [5, 5.41) is 0. The molecular weight excluding hydrogens is 328 g/mol. The third-order valence-electron chi connectivity index (χ3n) is 4.46. The van der Waals surface area contributed by atoms with E-state index in [-0.39, 0.29) is 12.3 Å². The Morgan fingerprint density at radius 3 is 2.62 bits per heavy atom. The molecule has 0 aromatic heterocycles. The number of benzene rings is 1. The normalized spacial score (nSPS) is 17.8. The van der Waals surface area contributed by atoms with Crippen molar-refractivity contribution < 1.29 is 19.0 Å². The molecule has 1 heterocycles. The van der Waals surface area contributed by atoms with Crippen molar-refractivity contribution in [1.82, 2.24) is 0 Å². The highest BCUT2D eigenvalue weighted by molar-refractivity contribution is 5.93. The van der Waals surface area contributed by atoms with Gasteiger partial charge in [0.1, 0.15) is 5.75 Å². The molecule has 0 spiro atoms. The maximum atomic E-state index is 12.2. The van der Waals surface area contributed by atoms with Gasteiger partial charge >= 0.3 is 5.97 Å². The quantitative estimate of drug-likeness (QED) is 0.313. The number of esters is 1. The van der Waals surface area contributed by atoms with E-state index in [0.717, 1.165) is 62.0 Å². The van der Waals surface area contributed by atoms with Crippen LogP contribution in [-0.2, 0) is 14.3 Å². The predicted octanol–water partition coefficient (Wildman–Crippen LogP) is 5.51. The molecule has 0 aliphatic carbocycles. The first-order chi connectivity index (χ1) is 12.7. The minimum atomic E-state index is -0.208. The minimum Gasteiger partial charge on any atom is -0.465 e. The van der Waals surface area contributed by atoms with E-state index >= 15 is 0 Å². The average molecular weight is 360 g/mol. The van der Waals surface area contributed by atoms with Crippen molar-refractivity contribution in [2.45, 2.75) is 71.5 Å². The molecule has 4 nitrogen and oxygen atoms in total. The molecule has 1 aliphatic heterocycles. The van der Waals surface area contributed by atoms with Gasteiger partial charge in [0.25, 0.3) is 0 Å². The molecule has 1 aliphatic rings. The summed E-state index contributed by atoms with van der Waals surface area (Å²) in [5.74, 6) is 0.592. The molecule has 1 aromatic carbocycles. The minimum absolute atomic E-state index is 0.140. The van der Waals surface area contributed by atoms with Crippen molar-refractivity contribution in [3.05, 3.63) is 35.4 Å². The Kier molecular flexibility index (Phi) is 9.26. The van der Waals surface area contributed by atoms with E-state index in [2.05, 4.69) is 6.92 Å². The number of ether oxygens (including phenoxy) is 3. The highest BCUT2D eigenvalue weighted by Gasteiger charge is 2.15. The third kappa shape index (κ3) is 7.20. The van der Waals surface area contributed by atoms with Gasteiger partial charge in [0.15, 0.2) is 6.29 Å². The van der Waals surface area contributed by atoms with Crippen molar-refractivity contribution in [2.75, 3.05) is 13.2 Å². The van der Waals surface area contributed by atoms with Gasteiger partial charge in [0.05, 0.1) is 13.2 Å². The summed E-state index contributed by atoms with van der Waals surface area (Å²) >= 11 is 0. The summed E-state index contributed by atoms with van der Waals surface area (Å²) in [4.78, 5) is 12.2. The second kappa shape index (κ2) is 11.7. The van der Waals surface area contributed by atoms with Gasteiger partial charge in [0, 0.05) is 12.0 Å². The Morgan fingerprint density at radius 1 is 1.15 bits per heavy atom. The van der Waals surface area contributed by atoms with Crippen LogP contribution in [0.15, 0.2) is 29.8 Å². The van der Waals surface area contributed by atoms with Crippen molar-refractivity contribution in [2.24, 2.45) is 0 Å². The molecule has 1 saturated heterocycles. The van der Waals surface area contributed by atoms with Crippen LogP contribution < -0.4 is 4.74 Å². The van der Waals surface area contributed by atoms with Crippen LogP contribution in [0.4, 0.5) is 0 Å². The van der Waals surface area contributed by atoms with Gasteiger partial charge < -0.3 is 14.2 Å². The lowest BCUT2D eigenvalue weighted by molar-refractivity contribution is -0.138. The molecule has 0 bridgehead atoms. The number of carbonyl (C=O) groups excluding carboxylic acids is 1. The SMILES string of the molecule is CCCCCCC(=Cc1ccc(OC2CCCCO2)cc1)C(=O)OCC. The van der Waals surface area contributed by atoms with E-state index in [1.807, 2.05) is 37.3 Å². The van der Waals surface area contributed by atoms with Gasteiger partial charge in [-0.15, -0.1) is 0 Å². The molecule has 0 amide bonds. The highest BCUT2D eigenvalue weighted by atomic mass is 16.7. The molecule has 4 heteroatoms. The van der Waals surface area contributed by atoms with Gasteiger partial charge in [0.2, 0.25) is 0 Å². The number of rotatable bonds is 10. The first-order valence-corrected chi connectivity index (χ1v) is 9.99. The van der Waals surface area contributed by atoms with Crippen molar-refractivity contribution in [3.63, 3.8) is 0 Å². The van der Waals surface area contributed by atoms with E-state index in [9.17, 15) is 4.79 Å². The molecule has 1 fully saturated rings. The molecule has 26 heavy (non-hydrogen) atoms. The average Bonchev–Trinajstić information content (AvgIpc) is 2.66. The van der Waals surface area contributed by atoms with Gasteiger partial charge in [-0.2, -0.15) is 0 Å². The second-order valence-corrected chi connectivity index (χ2v) is 6.68. The first-order valence-electron chi connectivity index (χ1n) is 9.99. The number of unbranched alkanes of at least 4 members (excludes halogenated alkanes) is 3. The fourth-order valence-electron chi connectivity index (χ4n) is 3.00. The molecule has 1 unspecified atom stereocenters. The maximum absolute atomic E-state index is 12.2. The largest absolute Gasteiger partial charge is 0.465 e. The highest BCUT2D eigenvalue weighted by Crippen LogP contribution is 2.22.